The number of benzene rings is 3. The maximum Gasteiger partial charge on any atom is 0.265 e. The van der Waals surface area contributed by atoms with Gasteiger partial charge < -0.3 is 14.4 Å². The van der Waals surface area contributed by atoms with Crippen molar-refractivity contribution in [3.05, 3.63) is 99.6 Å². The molecule has 6 rings (SSSR count). The molecular weight excluding hydrogens is 562 g/mol. The molecule has 0 atom stereocenters. The molecule has 1 aliphatic rings. The van der Waals surface area contributed by atoms with Crippen LogP contribution in [-0.4, -0.2) is 69.9 Å². The minimum Gasteiger partial charge on any atom is -0.330 e. The molecule has 0 bridgehead atoms. The number of rotatable bonds is 10. The van der Waals surface area contributed by atoms with Crippen molar-refractivity contribution in [2.75, 3.05) is 39.8 Å². The maximum atomic E-state index is 14.0. The molecule has 6 nitrogen and oxygen atoms in total. The highest BCUT2D eigenvalue weighted by atomic mass is 35.5. The van der Waals surface area contributed by atoms with E-state index in [0.29, 0.717) is 29.5 Å². The smallest absolute Gasteiger partial charge is 0.265 e. The van der Waals surface area contributed by atoms with E-state index in [4.69, 9.17) is 16.6 Å². The number of fused-ring (bicyclic) bond motifs is 2. The largest absolute Gasteiger partial charge is 0.330 e. The number of carbonyl (C=O) groups excluding carboxylic acids is 1. The van der Waals surface area contributed by atoms with Crippen molar-refractivity contribution in [1.82, 2.24) is 24.3 Å². The van der Waals surface area contributed by atoms with E-state index in [1.54, 1.807) is 0 Å². The first-order chi connectivity index (χ1) is 20.5. The van der Waals surface area contributed by atoms with Crippen LogP contribution in [0.3, 0.4) is 0 Å². The Kier molecular flexibility index (Phi) is 8.91. The van der Waals surface area contributed by atoms with Gasteiger partial charge in [-0.1, -0.05) is 79.5 Å². The van der Waals surface area contributed by atoms with Crippen LogP contribution in [-0.2, 0) is 19.6 Å². The molecule has 0 spiro atoms. The van der Waals surface area contributed by atoms with Gasteiger partial charge in [-0.3, -0.25) is 9.69 Å². The fourth-order valence-corrected chi connectivity index (χ4v) is 7.25. The van der Waals surface area contributed by atoms with Crippen molar-refractivity contribution in [2.24, 2.45) is 0 Å². The lowest BCUT2D eigenvalue weighted by Crippen LogP contribution is -2.44. The summed E-state index contributed by atoms with van der Waals surface area (Å²) in [6.45, 7) is 9.26. The number of nitrogens with zero attached hydrogens (tertiary/aromatic N) is 5. The average molecular weight is 600 g/mol. The standard InChI is InChI=1S/C34H38ClN5OS/c1-3-4-17-39(34(41)33-32(35)27-13-7-10-16-30(27)42-33)24-31-36-28-14-8-9-15-29(28)40(31)23-26-12-6-5-11-25(26)22-38-20-18-37(2)19-21-38/h5-16H,3-4,17-24H2,1-2H3. The number of piperazine rings is 1. The summed E-state index contributed by atoms with van der Waals surface area (Å²) in [7, 11) is 2.19. The average Bonchev–Trinajstić information content (AvgIpc) is 3.54. The van der Waals surface area contributed by atoms with Gasteiger partial charge in [0.25, 0.3) is 5.91 Å². The number of amides is 1. The Morgan fingerprint density at radius 3 is 2.38 bits per heavy atom. The molecule has 1 aliphatic heterocycles. The zero-order valence-corrected chi connectivity index (χ0v) is 26.0. The van der Waals surface area contributed by atoms with E-state index < -0.39 is 0 Å². The number of hydrogen-bond donors (Lipinski definition) is 0. The van der Waals surface area contributed by atoms with Crippen molar-refractivity contribution >= 4 is 50.0 Å². The molecule has 0 saturated carbocycles. The van der Waals surface area contributed by atoms with Gasteiger partial charge in [-0.15, -0.1) is 11.3 Å². The lowest BCUT2D eigenvalue weighted by molar-refractivity contribution is 0.0740. The van der Waals surface area contributed by atoms with Gasteiger partial charge in [-0.05, 0) is 42.8 Å². The van der Waals surface area contributed by atoms with Gasteiger partial charge in [0.2, 0.25) is 0 Å². The fourth-order valence-electron chi connectivity index (χ4n) is 5.77. The highest BCUT2D eigenvalue weighted by Crippen LogP contribution is 2.36. The Balaban J connectivity index is 1.32. The Labute approximate surface area is 257 Å². The van der Waals surface area contributed by atoms with Gasteiger partial charge >= 0.3 is 0 Å². The number of thiophene rings is 1. The molecule has 2 aromatic heterocycles. The normalized spacial score (nSPS) is 14.6. The van der Waals surface area contributed by atoms with Crippen LogP contribution in [0.2, 0.25) is 5.02 Å². The van der Waals surface area contributed by atoms with Gasteiger partial charge in [-0.2, -0.15) is 0 Å². The summed E-state index contributed by atoms with van der Waals surface area (Å²) in [4.78, 5) is 26.6. The van der Waals surface area contributed by atoms with Crippen molar-refractivity contribution in [3.8, 4) is 0 Å². The Morgan fingerprint density at radius 2 is 1.62 bits per heavy atom. The number of likely N-dealkylation sites (N-methyl/N-ethyl adjacent to an activating group) is 1. The van der Waals surface area contributed by atoms with E-state index in [1.165, 1.54) is 22.5 Å². The number of imidazole rings is 1. The first kappa shape index (κ1) is 28.9. The van der Waals surface area contributed by atoms with Gasteiger partial charge in [-0.25, -0.2) is 4.98 Å². The molecule has 3 aromatic carbocycles. The highest BCUT2D eigenvalue weighted by Gasteiger charge is 2.25. The molecular formula is C34H38ClN5OS. The number of hydrogen-bond acceptors (Lipinski definition) is 5. The summed E-state index contributed by atoms with van der Waals surface area (Å²) in [5.41, 5.74) is 4.68. The van der Waals surface area contributed by atoms with Crippen LogP contribution < -0.4 is 0 Å². The second-order valence-corrected chi connectivity index (χ2v) is 12.7. The zero-order chi connectivity index (χ0) is 29.1. The maximum absolute atomic E-state index is 14.0. The number of unbranched alkanes of at least 4 members (excludes halogenated alkanes) is 1. The Bertz CT molecular complexity index is 1690. The summed E-state index contributed by atoms with van der Waals surface area (Å²) in [6, 6.07) is 25.0. The van der Waals surface area contributed by atoms with Crippen LogP contribution in [0.25, 0.3) is 21.1 Å². The van der Waals surface area contributed by atoms with E-state index in [9.17, 15) is 4.79 Å². The third kappa shape index (κ3) is 6.11. The lowest BCUT2D eigenvalue weighted by atomic mass is 10.1. The SMILES string of the molecule is CCCCN(Cc1nc2ccccc2n1Cc1ccccc1CN1CCN(C)CC1)C(=O)c1sc2ccccc2c1Cl. The number of halogens is 1. The first-order valence-electron chi connectivity index (χ1n) is 14.9. The van der Waals surface area contributed by atoms with Crippen LogP contribution in [0.4, 0.5) is 0 Å². The summed E-state index contributed by atoms with van der Waals surface area (Å²) in [5.74, 6) is 0.871. The minimum atomic E-state index is -0.0243. The van der Waals surface area contributed by atoms with Crippen LogP contribution >= 0.6 is 22.9 Å². The van der Waals surface area contributed by atoms with Gasteiger partial charge in [0.05, 0.1) is 22.6 Å². The fraction of sp³-hybridized carbons (Fsp3) is 0.353. The molecule has 8 heteroatoms. The third-order valence-electron chi connectivity index (χ3n) is 8.30. The van der Waals surface area contributed by atoms with E-state index >= 15 is 0 Å². The summed E-state index contributed by atoms with van der Waals surface area (Å²) in [6.07, 6.45) is 1.92. The summed E-state index contributed by atoms with van der Waals surface area (Å²) < 4.78 is 3.34. The number of para-hydroxylation sites is 2. The predicted molar refractivity (Wildman–Crippen MR) is 175 cm³/mol. The van der Waals surface area contributed by atoms with Crippen LogP contribution in [0.5, 0.6) is 0 Å². The molecule has 0 radical (unpaired) electrons. The predicted octanol–water partition coefficient (Wildman–Crippen LogP) is 7.14. The number of aromatic nitrogens is 2. The first-order valence-corrected chi connectivity index (χ1v) is 16.1. The lowest BCUT2D eigenvalue weighted by Gasteiger charge is -2.32. The zero-order valence-electron chi connectivity index (χ0n) is 24.4. The summed E-state index contributed by atoms with van der Waals surface area (Å²) >= 11 is 8.25. The molecule has 0 aliphatic carbocycles. The molecule has 1 saturated heterocycles. The third-order valence-corrected chi connectivity index (χ3v) is 9.96. The molecule has 42 heavy (non-hydrogen) atoms. The number of carbonyl (C=O) groups is 1. The molecule has 3 heterocycles. The molecule has 1 amide bonds. The van der Waals surface area contributed by atoms with Crippen molar-refractivity contribution in [2.45, 2.75) is 39.4 Å². The van der Waals surface area contributed by atoms with Gasteiger partial charge in [0.1, 0.15) is 10.7 Å². The molecule has 218 valence electrons. The Morgan fingerprint density at radius 1 is 0.929 bits per heavy atom. The topological polar surface area (TPSA) is 44.6 Å². The highest BCUT2D eigenvalue weighted by molar-refractivity contribution is 7.21. The van der Waals surface area contributed by atoms with Crippen molar-refractivity contribution < 1.29 is 4.79 Å². The summed E-state index contributed by atoms with van der Waals surface area (Å²) in [5, 5.41) is 1.49. The van der Waals surface area contributed by atoms with Gasteiger partial charge in [0, 0.05) is 55.9 Å². The van der Waals surface area contributed by atoms with Crippen LogP contribution in [0.15, 0.2) is 72.8 Å². The molecule has 0 N–H and O–H groups in total. The second-order valence-electron chi connectivity index (χ2n) is 11.3. The van der Waals surface area contributed by atoms with Crippen LogP contribution in [0, 0.1) is 0 Å². The van der Waals surface area contributed by atoms with Crippen LogP contribution in [0.1, 0.15) is 46.4 Å². The molecule has 5 aromatic rings. The molecule has 0 unspecified atom stereocenters. The van der Waals surface area contributed by atoms with Gasteiger partial charge in [0.15, 0.2) is 0 Å². The second kappa shape index (κ2) is 13.0. The monoisotopic (exact) mass is 599 g/mol. The Hall–Kier alpha value is -3.23. The quantitative estimate of drug-likeness (QED) is 0.171. The van der Waals surface area contributed by atoms with E-state index in [-0.39, 0.29) is 5.91 Å². The van der Waals surface area contributed by atoms with Crippen molar-refractivity contribution in [1.29, 1.82) is 0 Å². The van der Waals surface area contributed by atoms with Crippen molar-refractivity contribution in [3.63, 3.8) is 0 Å². The minimum absolute atomic E-state index is 0.0243. The van der Waals surface area contributed by atoms with E-state index in [1.807, 2.05) is 35.2 Å². The van der Waals surface area contributed by atoms with E-state index in [0.717, 1.165) is 72.5 Å². The molecule has 1 fully saturated rings. The van der Waals surface area contributed by atoms with E-state index in [2.05, 4.69) is 70.8 Å².